The number of benzene rings is 2. The van der Waals surface area contributed by atoms with Crippen LogP contribution in [0.2, 0.25) is 0 Å². The maximum absolute atomic E-state index is 14.4. The minimum absolute atomic E-state index is 0.0276. The summed E-state index contributed by atoms with van der Waals surface area (Å²) in [5, 5.41) is 9.25. The van der Waals surface area contributed by atoms with E-state index in [2.05, 4.69) is 6.92 Å². The summed E-state index contributed by atoms with van der Waals surface area (Å²) in [4.78, 5) is 0. The number of hydrogen-bond donors (Lipinski definition) is 0. The predicted molar refractivity (Wildman–Crippen MR) is 96.8 cm³/mol. The van der Waals surface area contributed by atoms with E-state index in [9.17, 15) is 14.0 Å². The fourth-order valence-electron chi connectivity index (χ4n) is 3.36. The first-order valence-electron chi connectivity index (χ1n) is 8.65. The van der Waals surface area contributed by atoms with Gasteiger partial charge in [-0.2, -0.15) is 5.26 Å². The van der Waals surface area contributed by atoms with Gasteiger partial charge in [-0.15, -0.1) is 0 Å². The number of halogens is 2. The molecule has 3 rings (SSSR count). The molecule has 0 spiro atoms. The van der Waals surface area contributed by atoms with Crippen molar-refractivity contribution in [2.75, 3.05) is 6.61 Å². The Hall–Kier alpha value is -2.23. The van der Waals surface area contributed by atoms with Gasteiger partial charge in [0.15, 0.2) is 0 Å². The highest BCUT2D eigenvalue weighted by molar-refractivity contribution is 6.61. The van der Waals surface area contributed by atoms with Crippen molar-refractivity contribution >= 4 is 12.6 Å². The highest BCUT2D eigenvalue weighted by Crippen LogP contribution is 2.31. The summed E-state index contributed by atoms with van der Waals surface area (Å²) < 4.78 is 40.6. The molecule has 1 saturated heterocycles. The lowest BCUT2D eigenvalue weighted by molar-refractivity contribution is -0.0456. The Morgan fingerprint density at radius 1 is 1.23 bits per heavy atom. The van der Waals surface area contributed by atoms with Crippen LogP contribution in [0, 0.1) is 28.9 Å². The molecular formula is C20H20BF2NO2. The molecule has 26 heavy (non-hydrogen) atoms. The lowest BCUT2D eigenvalue weighted by atomic mass is 9.72. The van der Waals surface area contributed by atoms with Crippen LogP contribution in [0.15, 0.2) is 36.4 Å². The van der Waals surface area contributed by atoms with Gasteiger partial charge < -0.3 is 9.31 Å². The molecule has 134 valence electrons. The van der Waals surface area contributed by atoms with Crippen LogP contribution < -0.4 is 5.46 Å². The van der Waals surface area contributed by atoms with E-state index in [1.165, 1.54) is 30.3 Å². The zero-order valence-electron chi connectivity index (χ0n) is 15.1. The Kier molecular flexibility index (Phi) is 5.13. The molecule has 0 radical (unpaired) electrons. The summed E-state index contributed by atoms with van der Waals surface area (Å²) in [6.45, 7) is 6.62. The van der Waals surface area contributed by atoms with E-state index >= 15 is 0 Å². The smallest absolute Gasteiger partial charge is 0.407 e. The summed E-state index contributed by atoms with van der Waals surface area (Å²) >= 11 is 0. The summed E-state index contributed by atoms with van der Waals surface area (Å²) in [5.41, 5.74) is 0.270. The van der Waals surface area contributed by atoms with E-state index in [1.54, 1.807) is 6.07 Å². The Bertz CT molecular complexity index is 863. The lowest BCUT2D eigenvalue weighted by Gasteiger charge is -2.41. The van der Waals surface area contributed by atoms with Gasteiger partial charge in [0.25, 0.3) is 0 Å². The second-order valence-electron chi connectivity index (χ2n) is 7.01. The Labute approximate surface area is 152 Å². The van der Waals surface area contributed by atoms with Gasteiger partial charge in [-0.25, -0.2) is 8.78 Å². The average Bonchev–Trinajstić information content (AvgIpc) is 2.61. The van der Waals surface area contributed by atoms with Crippen molar-refractivity contribution in [2.45, 2.75) is 32.8 Å². The third-order valence-corrected chi connectivity index (χ3v) is 5.00. The summed E-state index contributed by atoms with van der Waals surface area (Å²) in [7, 11) is -0.663. The van der Waals surface area contributed by atoms with Crippen molar-refractivity contribution in [1.29, 1.82) is 5.26 Å². The molecule has 1 aliphatic rings. The molecular weight excluding hydrogens is 335 g/mol. The number of hydrogen-bond acceptors (Lipinski definition) is 3. The quantitative estimate of drug-likeness (QED) is 0.780. The van der Waals surface area contributed by atoms with Crippen molar-refractivity contribution in [3.63, 3.8) is 0 Å². The molecule has 0 saturated carbocycles. The van der Waals surface area contributed by atoms with E-state index in [1.807, 2.05) is 19.9 Å². The average molecular weight is 355 g/mol. The van der Waals surface area contributed by atoms with Crippen molar-refractivity contribution in [2.24, 2.45) is 5.92 Å². The van der Waals surface area contributed by atoms with Gasteiger partial charge in [-0.05, 0) is 43.9 Å². The van der Waals surface area contributed by atoms with Gasteiger partial charge in [0.2, 0.25) is 0 Å². The Morgan fingerprint density at radius 3 is 2.65 bits per heavy atom. The van der Waals surface area contributed by atoms with Gasteiger partial charge in [0.05, 0.1) is 17.2 Å². The molecule has 6 heteroatoms. The minimum Gasteiger partial charge on any atom is -0.407 e. The molecule has 3 nitrogen and oxygen atoms in total. The molecule has 1 fully saturated rings. The molecule has 0 aromatic heterocycles. The zero-order chi connectivity index (χ0) is 18.9. The second kappa shape index (κ2) is 7.18. The van der Waals surface area contributed by atoms with Crippen LogP contribution in [0.5, 0.6) is 0 Å². The largest absolute Gasteiger partial charge is 0.494 e. The molecule has 0 aliphatic carbocycles. The van der Waals surface area contributed by atoms with E-state index < -0.39 is 18.8 Å². The Morgan fingerprint density at radius 2 is 2.00 bits per heavy atom. The Balaban J connectivity index is 2.02. The van der Waals surface area contributed by atoms with Gasteiger partial charge in [-0.3, -0.25) is 0 Å². The van der Waals surface area contributed by atoms with Crippen molar-refractivity contribution in [3.05, 3.63) is 53.6 Å². The van der Waals surface area contributed by atoms with Crippen LogP contribution in [0.25, 0.3) is 11.1 Å². The lowest BCUT2D eigenvalue weighted by Crippen LogP contribution is -2.53. The SMILES string of the molecule is CCC1COB(c2ccc(F)c(-c3c(F)cccc3C#N)c2)OC1(C)C. The number of rotatable bonds is 3. The summed E-state index contributed by atoms with van der Waals surface area (Å²) in [5.74, 6) is -0.982. The molecule has 1 aliphatic heterocycles. The highest BCUT2D eigenvalue weighted by atomic mass is 19.1. The summed E-state index contributed by atoms with van der Waals surface area (Å²) in [6, 6.07) is 10.4. The first kappa shape index (κ1) is 18.6. The van der Waals surface area contributed by atoms with E-state index in [0.717, 1.165) is 6.42 Å². The van der Waals surface area contributed by atoms with Gasteiger partial charge >= 0.3 is 7.12 Å². The van der Waals surface area contributed by atoms with Gasteiger partial charge in [0, 0.05) is 23.7 Å². The molecule has 0 N–H and O–H groups in total. The highest BCUT2D eigenvalue weighted by Gasteiger charge is 2.41. The van der Waals surface area contributed by atoms with Crippen LogP contribution >= 0.6 is 0 Å². The third kappa shape index (κ3) is 3.37. The first-order chi connectivity index (χ1) is 12.4. The van der Waals surface area contributed by atoms with E-state index in [4.69, 9.17) is 9.31 Å². The van der Waals surface area contributed by atoms with Gasteiger partial charge in [-0.1, -0.05) is 25.1 Å². The monoisotopic (exact) mass is 355 g/mol. The van der Waals surface area contributed by atoms with Crippen LogP contribution in [-0.2, 0) is 9.31 Å². The zero-order valence-corrected chi connectivity index (χ0v) is 15.1. The third-order valence-electron chi connectivity index (χ3n) is 5.00. The standard InChI is InChI=1S/C20H20BF2NO2/c1-4-14-12-25-21(26-20(14,2)3)15-8-9-17(22)16(10-15)19-13(11-24)6-5-7-18(19)23/h5-10,14H,4,12H2,1-3H3. The molecule has 0 amide bonds. The van der Waals surface area contributed by atoms with Crippen LogP contribution in [-0.4, -0.2) is 19.3 Å². The number of nitriles is 1. The van der Waals surface area contributed by atoms with Crippen molar-refractivity contribution in [1.82, 2.24) is 0 Å². The molecule has 0 bridgehead atoms. The topological polar surface area (TPSA) is 42.2 Å². The van der Waals surface area contributed by atoms with Crippen molar-refractivity contribution < 1.29 is 18.1 Å². The molecule has 2 aromatic carbocycles. The second-order valence-corrected chi connectivity index (χ2v) is 7.01. The molecule has 1 unspecified atom stereocenters. The molecule has 1 atom stereocenters. The van der Waals surface area contributed by atoms with Crippen LogP contribution in [0.1, 0.15) is 32.8 Å². The predicted octanol–water partition coefficient (Wildman–Crippen LogP) is 4.05. The first-order valence-corrected chi connectivity index (χ1v) is 8.65. The fourth-order valence-corrected chi connectivity index (χ4v) is 3.36. The summed E-state index contributed by atoms with van der Waals surface area (Å²) in [6.07, 6.45) is 0.926. The van der Waals surface area contributed by atoms with Crippen molar-refractivity contribution in [3.8, 4) is 17.2 Å². The minimum atomic E-state index is -0.663. The molecule has 1 heterocycles. The normalized spacial score (nSPS) is 19.2. The molecule has 2 aromatic rings. The van der Waals surface area contributed by atoms with Crippen LogP contribution in [0.4, 0.5) is 8.78 Å². The van der Waals surface area contributed by atoms with E-state index in [-0.39, 0.29) is 28.2 Å². The maximum atomic E-state index is 14.4. The maximum Gasteiger partial charge on any atom is 0.494 e. The van der Waals surface area contributed by atoms with E-state index in [0.29, 0.717) is 12.1 Å². The fraction of sp³-hybridized carbons (Fsp3) is 0.350. The van der Waals surface area contributed by atoms with Gasteiger partial charge in [0.1, 0.15) is 11.6 Å². The number of nitrogens with zero attached hydrogens (tertiary/aromatic N) is 1. The van der Waals surface area contributed by atoms with Crippen LogP contribution in [0.3, 0.4) is 0 Å².